The molecule has 0 aromatic heterocycles. The SMILES string of the molecule is Cl.O=C(NCc1ccc(OCC(F)(F)F)cc1)[C@@]12CCCC[C@H]1CNC2. The minimum atomic E-state index is -4.35. The van der Waals surface area contributed by atoms with Crippen LogP contribution in [0.2, 0.25) is 0 Å². The standard InChI is InChI=1S/C18H23F3N2O2.ClH/c19-18(20,21)12-25-15-6-4-13(5-7-15)9-23-16(24)17-8-2-1-3-14(17)10-22-11-17;/h4-7,14,22H,1-3,8-12H2,(H,23,24);1H/t14-,17+;/m0./s1. The summed E-state index contributed by atoms with van der Waals surface area (Å²) in [7, 11) is 0. The predicted molar refractivity (Wildman–Crippen MR) is 94.3 cm³/mol. The second-order valence-electron chi connectivity index (χ2n) is 6.96. The van der Waals surface area contributed by atoms with E-state index in [1.165, 1.54) is 18.6 Å². The number of fused-ring (bicyclic) bond motifs is 1. The van der Waals surface area contributed by atoms with Crippen molar-refractivity contribution in [1.29, 1.82) is 0 Å². The van der Waals surface area contributed by atoms with Gasteiger partial charge in [0.05, 0.1) is 5.41 Å². The van der Waals surface area contributed by atoms with Gasteiger partial charge in [-0.3, -0.25) is 4.79 Å². The van der Waals surface area contributed by atoms with Crippen LogP contribution in [0.15, 0.2) is 24.3 Å². The van der Waals surface area contributed by atoms with E-state index in [9.17, 15) is 18.0 Å². The van der Waals surface area contributed by atoms with Crippen LogP contribution in [-0.2, 0) is 11.3 Å². The quantitative estimate of drug-likeness (QED) is 0.807. The number of rotatable bonds is 5. The summed E-state index contributed by atoms with van der Waals surface area (Å²) in [5.41, 5.74) is 0.538. The highest BCUT2D eigenvalue weighted by molar-refractivity contribution is 5.85. The van der Waals surface area contributed by atoms with Gasteiger partial charge in [-0.05, 0) is 43.0 Å². The highest BCUT2D eigenvalue weighted by atomic mass is 35.5. The number of carbonyl (C=O) groups excluding carboxylic acids is 1. The van der Waals surface area contributed by atoms with Gasteiger partial charge in [-0.15, -0.1) is 12.4 Å². The first-order valence-corrected chi connectivity index (χ1v) is 8.67. The molecule has 1 aromatic carbocycles. The lowest BCUT2D eigenvalue weighted by Gasteiger charge is -2.37. The summed E-state index contributed by atoms with van der Waals surface area (Å²) in [4.78, 5) is 12.8. The molecule has 4 nitrogen and oxygen atoms in total. The van der Waals surface area contributed by atoms with Gasteiger partial charge >= 0.3 is 6.18 Å². The van der Waals surface area contributed by atoms with E-state index < -0.39 is 12.8 Å². The van der Waals surface area contributed by atoms with Crippen LogP contribution < -0.4 is 15.4 Å². The third-order valence-corrected chi connectivity index (χ3v) is 5.27. The Morgan fingerprint density at radius 3 is 2.69 bits per heavy atom. The number of ether oxygens (including phenoxy) is 1. The minimum absolute atomic E-state index is 0. The van der Waals surface area contributed by atoms with Crippen LogP contribution in [0.3, 0.4) is 0 Å². The number of carbonyl (C=O) groups is 1. The highest BCUT2D eigenvalue weighted by Gasteiger charge is 2.49. The molecule has 8 heteroatoms. The van der Waals surface area contributed by atoms with E-state index in [-0.39, 0.29) is 29.5 Å². The Bertz CT molecular complexity index is 609. The van der Waals surface area contributed by atoms with Gasteiger partial charge in [-0.1, -0.05) is 25.0 Å². The third kappa shape index (κ3) is 4.82. The lowest BCUT2D eigenvalue weighted by Crippen LogP contribution is -2.47. The second kappa shape index (κ2) is 8.48. The molecule has 1 aliphatic carbocycles. The molecule has 1 aromatic rings. The molecule has 1 saturated carbocycles. The Balaban J connectivity index is 0.00000243. The van der Waals surface area contributed by atoms with Crippen molar-refractivity contribution in [3.63, 3.8) is 0 Å². The zero-order valence-corrected chi connectivity index (χ0v) is 15.2. The van der Waals surface area contributed by atoms with Crippen LogP contribution in [0.1, 0.15) is 31.2 Å². The first-order valence-electron chi connectivity index (χ1n) is 8.67. The fourth-order valence-electron chi connectivity index (χ4n) is 3.92. The van der Waals surface area contributed by atoms with Crippen molar-refractivity contribution in [3.8, 4) is 5.75 Å². The van der Waals surface area contributed by atoms with E-state index in [1.54, 1.807) is 12.1 Å². The molecular formula is C18H24ClF3N2O2. The van der Waals surface area contributed by atoms with Crippen LogP contribution >= 0.6 is 12.4 Å². The van der Waals surface area contributed by atoms with Crippen LogP contribution in [0, 0.1) is 11.3 Å². The molecule has 0 unspecified atom stereocenters. The van der Waals surface area contributed by atoms with Crippen molar-refractivity contribution in [3.05, 3.63) is 29.8 Å². The summed E-state index contributed by atoms with van der Waals surface area (Å²) in [6.45, 7) is 0.694. The van der Waals surface area contributed by atoms with E-state index >= 15 is 0 Å². The molecule has 1 aliphatic heterocycles. The summed E-state index contributed by atoms with van der Waals surface area (Å²) < 4.78 is 41.1. The normalized spacial score (nSPS) is 25.1. The Labute approximate surface area is 157 Å². The molecule has 2 N–H and O–H groups in total. The summed E-state index contributed by atoms with van der Waals surface area (Å²) in [5.74, 6) is 0.650. The second-order valence-corrected chi connectivity index (χ2v) is 6.96. The lowest BCUT2D eigenvalue weighted by molar-refractivity contribution is -0.153. The summed E-state index contributed by atoms with van der Waals surface area (Å²) in [6, 6.07) is 6.34. The zero-order chi connectivity index (χ0) is 17.9. The van der Waals surface area contributed by atoms with Crippen molar-refractivity contribution in [1.82, 2.24) is 10.6 Å². The summed E-state index contributed by atoms with van der Waals surface area (Å²) in [6.07, 6.45) is -0.0816. The van der Waals surface area contributed by atoms with Gasteiger partial charge < -0.3 is 15.4 Å². The number of hydrogen-bond acceptors (Lipinski definition) is 3. The molecule has 1 heterocycles. The van der Waals surface area contributed by atoms with Crippen LogP contribution in [-0.4, -0.2) is 31.8 Å². The van der Waals surface area contributed by atoms with Crippen molar-refractivity contribution in [2.45, 2.75) is 38.4 Å². The van der Waals surface area contributed by atoms with Crippen molar-refractivity contribution in [2.75, 3.05) is 19.7 Å². The minimum Gasteiger partial charge on any atom is -0.484 e. The molecule has 2 atom stereocenters. The van der Waals surface area contributed by atoms with Gasteiger partial charge in [-0.25, -0.2) is 0 Å². The molecule has 0 spiro atoms. The predicted octanol–water partition coefficient (Wildman–Crippen LogP) is 3.45. The fraction of sp³-hybridized carbons (Fsp3) is 0.611. The maximum absolute atomic E-state index is 12.8. The van der Waals surface area contributed by atoms with E-state index in [0.717, 1.165) is 37.9 Å². The Morgan fingerprint density at radius 1 is 1.27 bits per heavy atom. The van der Waals surface area contributed by atoms with E-state index in [4.69, 9.17) is 0 Å². The van der Waals surface area contributed by atoms with Crippen molar-refractivity contribution in [2.24, 2.45) is 11.3 Å². The van der Waals surface area contributed by atoms with E-state index in [0.29, 0.717) is 12.5 Å². The molecule has 1 saturated heterocycles. The maximum Gasteiger partial charge on any atom is 0.422 e. The molecule has 0 bridgehead atoms. The first kappa shape index (κ1) is 20.8. The first-order chi connectivity index (χ1) is 11.9. The molecule has 1 amide bonds. The summed E-state index contributed by atoms with van der Waals surface area (Å²) in [5, 5.41) is 6.36. The van der Waals surface area contributed by atoms with Crippen LogP contribution in [0.5, 0.6) is 5.75 Å². The summed E-state index contributed by atoms with van der Waals surface area (Å²) >= 11 is 0. The molecule has 3 rings (SSSR count). The van der Waals surface area contributed by atoms with Crippen LogP contribution in [0.25, 0.3) is 0 Å². The molecule has 146 valence electrons. The monoisotopic (exact) mass is 392 g/mol. The van der Waals surface area contributed by atoms with Gasteiger partial charge in [0.25, 0.3) is 0 Å². The molecule has 2 aliphatic rings. The fourth-order valence-corrected chi connectivity index (χ4v) is 3.92. The average Bonchev–Trinajstić information content (AvgIpc) is 3.03. The largest absolute Gasteiger partial charge is 0.484 e. The number of halogens is 4. The number of amides is 1. The highest BCUT2D eigenvalue weighted by Crippen LogP contribution is 2.43. The Kier molecular flexibility index (Phi) is 6.80. The van der Waals surface area contributed by atoms with Gasteiger partial charge in [0.1, 0.15) is 5.75 Å². The van der Waals surface area contributed by atoms with Gasteiger partial charge in [0, 0.05) is 13.1 Å². The Morgan fingerprint density at radius 2 is 2.00 bits per heavy atom. The molecular weight excluding hydrogens is 369 g/mol. The molecule has 26 heavy (non-hydrogen) atoms. The number of alkyl halides is 3. The van der Waals surface area contributed by atoms with E-state index in [1.807, 2.05) is 0 Å². The van der Waals surface area contributed by atoms with Crippen LogP contribution in [0.4, 0.5) is 13.2 Å². The smallest absolute Gasteiger partial charge is 0.422 e. The number of nitrogens with one attached hydrogen (secondary N) is 2. The van der Waals surface area contributed by atoms with E-state index in [2.05, 4.69) is 15.4 Å². The maximum atomic E-state index is 12.8. The van der Waals surface area contributed by atoms with Crippen molar-refractivity contribution >= 4 is 18.3 Å². The molecule has 2 fully saturated rings. The lowest BCUT2D eigenvalue weighted by atomic mass is 9.67. The third-order valence-electron chi connectivity index (χ3n) is 5.27. The van der Waals surface area contributed by atoms with Gasteiger partial charge in [-0.2, -0.15) is 13.2 Å². The topological polar surface area (TPSA) is 50.4 Å². The number of benzene rings is 1. The number of hydrogen-bond donors (Lipinski definition) is 2. The zero-order valence-electron chi connectivity index (χ0n) is 14.4. The Hall–Kier alpha value is -1.47. The molecule has 0 radical (unpaired) electrons. The van der Waals surface area contributed by atoms with Crippen molar-refractivity contribution < 1.29 is 22.7 Å². The van der Waals surface area contributed by atoms with Gasteiger partial charge in [0.2, 0.25) is 5.91 Å². The average molecular weight is 393 g/mol. The van der Waals surface area contributed by atoms with Gasteiger partial charge in [0.15, 0.2) is 6.61 Å².